The van der Waals surface area contributed by atoms with E-state index in [1.165, 1.54) is 0 Å². The first kappa shape index (κ1) is 18.1. The van der Waals surface area contributed by atoms with Crippen LogP contribution >= 0.6 is 0 Å². The molecule has 0 spiro atoms. The second kappa shape index (κ2) is 7.48. The maximum atomic E-state index is 13.5. The Bertz CT molecular complexity index is 1170. The van der Waals surface area contributed by atoms with Gasteiger partial charge in [-0.3, -0.25) is 14.7 Å². The smallest absolute Gasteiger partial charge is 0.262 e. The van der Waals surface area contributed by atoms with Crippen molar-refractivity contribution in [1.29, 1.82) is 0 Å². The minimum Gasteiger partial charge on any atom is -0.349 e. The topological polar surface area (TPSA) is 36.4 Å². The van der Waals surface area contributed by atoms with Crippen LogP contribution in [-0.2, 0) is 0 Å². The number of pyridine rings is 1. The Morgan fingerprint density at radius 3 is 2.10 bits per heavy atom. The largest absolute Gasteiger partial charge is 0.349 e. The summed E-state index contributed by atoms with van der Waals surface area (Å²) >= 11 is 0. The molecule has 0 aliphatic carbocycles. The van der Waals surface area contributed by atoms with E-state index in [4.69, 9.17) is 0 Å². The first-order chi connectivity index (χ1) is 14.7. The van der Waals surface area contributed by atoms with Crippen molar-refractivity contribution in [2.75, 3.05) is 16.8 Å². The van der Waals surface area contributed by atoms with Crippen molar-refractivity contribution in [2.24, 2.45) is 0 Å². The molecule has 0 saturated carbocycles. The fourth-order valence-corrected chi connectivity index (χ4v) is 4.12. The van der Waals surface area contributed by atoms with Gasteiger partial charge in [-0.2, -0.15) is 0 Å². The standard InChI is InChI=1S/C26H21N3O/c1-28-24-10-6-5-9-23(24)26(30)29(22-7-3-2-4-8-22)25(28)21-13-11-19(12-14-21)20-15-17-27-18-16-20/h2-18,25H,1H3. The van der Waals surface area contributed by atoms with Crippen molar-refractivity contribution >= 4 is 17.3 Å². The van der Waals surface area contributed by atoms with Gasteiger partial charge in [0.15, 0.2) is 0 Å². The van der Waals surface area contributed by atoms with E-state index in [9.17, 15) is 4.79 Å². The van der Waals surface area contributed by atoms with Crippen molar-refractivity contribution in [3.8, 4) is 11.1 Å². The first-order valence-corrected chi connectivity index (χ1v) is 9.95. The average Bonchev–Trinajstić information content (AvgIpc) is 2.82. The molecule has 2 heterocycles. The molecule has 4 nitrogen and oxygen atoms in total. The molecule has 0 N–H and O–H groups in total. The summed E-state index contributed by atoms with van der Waals surface area (Å²) in [5, 5.41) is 0. The van der Waals surface area contributed by atoms with E-state index in [0.717, 1.165) is 28.1 Å². The Hall–Kier alpha value is -3.92. The number of rotatable bonds is 3. The molecule has 4 heteroatoms. The summed E-state index contributed by atoms with van der Waals surface area (Å²) in [4.78, 5) is 21.7. The van der Waals surface area contributed by atoms with Gasteiger partial charge in [0.05, 0.1) is 11.3 Å². The predicted molar refractivity (Wildman–Crippen MR) is 121 cm³/mol. The molecule has 0 bridgehead atoms. The zero-order valence-electron chi connectivity index (χ0n) is 16.6. The van der Waals surface area contributed by atoms with E-state index in [2.05, 4.69) is 34.1 Å². The Labute approximate surface area is 176 Å². The van der Waals surface area contributed by atoms with Gasteiger partial charge in [-0.1, -0.05) is 54.6 Å². The van der Waals surface area contributed by atoms with Crippen LogP contribution in [0.15, 0.2) is 103 Å². The number of carbonyl (C=O) groups is 1. The van der Waals surface area contributed by atoms with Gasteiger partial charge in [-0.25, -0.2) is 0 Å². The second-order valence-corrected chi connectivity index (χ2v) is 7.37. The molecule has 1 atom stereocenters. The minimum atomic E-state index is -0.235. The maximum absolute atomic E-state index is 13.5. The summed E-state index contributed by atoms with van der Waals surface area (Å²) < 4.78 is 0. The quantitative estimate of drug-likeness (QED) is 0.460. The molecule has 1 aliphatic heterocycles. The summed E-state index contributed by atoms with van der Waals surface area (Å²) in [6, 6.07) is 30.1. The third-order valence-electron chi connectivity index (χ3n) is 5.60. The lowest BCUT2D eigenvalue weighted by molar-refractivity contribution is 0.0969. The Morgan fingerprint density at radius 1 is 0.733 bits per heavy atom. The van der Waals surface area contributed by atoms with Gasteiger partial charge in [-0.05, 0) is 53.1 Å². The van der Waals surface area contributed by atoms with Crippen molar-refractivity contribution < 1.29 is 4.79 Å². The van der Waals surface area contributed by atoms with Crippen LogP contribution in [0.25, 0.3) is 11.1 Å². The van der Waals surface area contributed by atoms with Gasteiger partial charge in [0.1, 0.15) is 6.17 Å². The number of hydrogen-bond donors (Lipinski definition) is 0. The van der Waals surface area contributed by atoms with Crippen LogP contribution in [0.3, 0.4) is 0 Å². The van der Waals surface area contributed by atoms with Crippen LogP contribution in [0.5, 0.6) is 0 Å². The number of carbonyl (C=O) groups excluding carboxylic acids is 1. The van der Waals surface area contributed by atoms with Gasteiger partial charge < -0.3 is 4.90 Å². The lowest BCUT2D eigenvalue weighted by atomic mass is 9.98. The highest BCUT2D eigenvalue weighted by molar-refractivity contribution is 6.12. The Kier molecular flexibility index (Phi) is 4.52. The van der Waals surface area contributed by atoms with Gasteiger partial charge in [0.2, 0.25) is 0 Å². The maximum Gasteiger partial charge on any atom is 0.262 e. The number of aromatic nitrogens is 1. The average molecular weight is 391 g/mol. The van der Waals surface area contributed by atoms with Gasteiger partial charge >= 0.3 is 0 Å². The monoisotopic (exact) mass is 391 g/mol. The number of para-hydroxylation sites is 2. The molecule has 146 valence electrons. The molecule has 0 fully saturated rings. The van der Waals surface area contributed by atoms with Crippen LogP contribution < -0.4 is 9.80 Å². The lowest BCUT2D eigenvalue weighted by Crippen LogP contribution is -2.48. The first-order valence-electron chi connectivity index (χ1n) is 9.95. The third-order valence-corrected chi connectivity index (χ3v) is 5.60. The van der Waals surface area contributed by atoms with Crippen LogP contribution in [0.1, 0.15) is 22.1 Å². The Morgan fingerprint density at radius 2 is 1.37 bits per heavy atom. The molecule has 4 aromatic rings. The number of anilines is 2. The Balaban J connectivity index is 1.62. The minimum absolute atomic E-state index is 0.0121. The molecule has 30 heavy (non-hydrogen) atoms. The molecule has 1 aromatic heterocycles. The summed E-state index contributed by atoms with van der Waals surface area (Å²) in [7, 11) is 2.04. The number of hydrogen-bond acceptors (Lipinski definition) is 3. The van der Waals surface area contributed by atoms with Gasteiger partial charge in [0, 0.05) is 25.1 Å². The normalized spacial score (nSPS) is 15.8. The van der Waals surface area contributed by atoms with Gasteiger partial charge in [-0.15, -0.1) is 0 Å². The molecule has 1 unspecified atom stereocenters. The SMILES string of the molecule is CN1c2ccccc2C(=O)N(c2ccccc2)C1c1ccc(-c2ccncc2)cc1. The summed E-state index contributed by atoms with van der Waals surface area (Å²) in [5.41, 5.74) is 5.84. The van der Waals surface area contributed by atoms with Crippen LogP contribution in [0.2, 0.25) is 0 Å². The highest BCUT2D eigenvalue weighted by Gasteiger charge is 2.37. The van der Waals surface area contributed by atoms with E-state index >= 15 is 0 Å². The van der Waals surface area contributed by atoms with E-state index < -0.39 is 0 Å². The highest BCUT2D eigenvalue weighted by Crippen LogP contribution is 2.40. The molecular weight excluding hydrogens is 370 g/mol. The van der Waals surface area contributed by atoms with E-state index in [-0.39, 0.29) is 12.1 Å². The van der Waals surface area contributed by atoms with Crippen molar-refractivity contribution in [3.63, 3.8) is 0 Å². The van der Waals surface area contributed by atoms with Gasteiger partial charge in [0.25, 0.3) is 5.91 Å². The molecule has 1 amide bonds. The second-order valence-electron chi connectivity index (χ2n) is 7.37. The zero-order valence-corrected chi connectivity index (χ0v) is 16.6. The van der Waals surface area contributed by atoms with E-state index in [0.29, 0.717) is 5.56 Å². The van der Waals surface area contributed by atoms with E-state index in [1.54, 1.807) is 12.4 Å². The molecule has 0 radical (unpaired) electrons. The summed E-state index contributed by atoms with van der Waals surface area (Å²) in [6.45, 7) is 0. The fraction of sp³-hybridized carbons (Fsp3) is 0.0769. The zero-order chi connectivity index (χ0) is 20.5. The van der Waals surface area contributed by atoms with Crippen molar-refractivity contribution in [3.05, 3.63) is 115 Å². The highest BCUT2D eigenvalue weighted by atomic mass is 16.2. The molecule has 3 aromatic carbocycles. The lowest BCUT2D eigenvalue weighted by Gasteiger charge is -2.44. The summed E-state index contributed by atoms with van der Waals surface area (Å²) in [6.07, 6.45) is 3.36. The predicted octanol–water partition coefficient (Wildman–Crippen LogP) is 5.54. The number of amides is 1. The van der Waals surface area contributed by atoms with Crippen LogP contribution in [0, 0.1) is 0 Å². The van der Waals surface area contributed by atoms with E-state index in [1.807, 2.05) is 78.7 Å². The molecular formula is C26H21N3O. The van der Waals surface area contributed by atoms with Crippen molar-refractivity contribution in [2.45, 2.75) is 6.17 Å². The number of fused-ring (bicyclic) bond motifs is 1. The molecule has 0 saturated heterocycles. The van der Waals surface area contributed by atoms with Crippen LogP contribution in [-0.4, -0.2) is 17.9 Å². The summed E-state index contributed by atoms with van der Waals surface area (Å²) in [5.74, 6) is 0.0121. The van der Waals surface area contributed by atoms with Crippen molar-refractivity contribution in [1.82, 2.24) is 4.98 Å². The molecule has 5 rings (SSSR count). The molecule has 1 aliphatic rings. The third kappa shape index (κ3) is 3.03. The number of benzene rings is 3. The number of nitrogens with zero attached hydrogens (tertiary/aromatic N) is 3. The fourth-order valence-electron chi connectivity index (χ4n) is 4.12. The van der Waals surface area contributed by atoms with Crippen LogP contribution in [0.4, 0.5) is 11.4 Å².